The van der Waals surface area contributed by atoms with Gasteiger partial charge in [-0.1, -0.05) is 20.8 Å². The molecule has 0 bridgehead atoms. The second-order valence-corrected chi connectivity index (χ2v) is 5.47. The van der Waals surface area contributed by atoms with Crippen LogP contribution in [0.1, 0.15) is 36.8 Å². The Morgan fingerprint density at radius 2 is 1.84 bits per heavy atom. The molecule has 0 aliphatic rings. The Kier molecular flexibility index (Phi) is 3.06. The van der Waals surface area contributed by atoms with Crippen molar-refractivity contribution in [3.63, 3.8) is 0 Å². The highest BCUT2D eigenvalue weighted by atomic mass is 16.3. The van der Waals surface area contributed by atoms with E-state index in [4.69, 9.17) is 5.73 Å². The molecular formula is C14H17N3O2. The van der Waals surface area contributed by atoms with Crippen molar-refractivity contribution in [1.82, 2.24) is 9.78 Å². The van der Waals surface area contributed by atoms with Gasteiger partial charge in [0.05, 0.1) is 5.69 Å². The molecule has 1 aromatic carbocycles. The van der Waals surface area contributed by atoms with Crippen molar-refractivity contribution in [2.24, 2.45) is 0 Å². The first kappa shape index (κ1) is 13.1. The zero-order valence-corrected chi connectivity index (χ0v) is 11.2. The third-order valence-corrected chi connectivity index (χ3v) is 2.81. The predicted octanol–water partition coefficient (Wildman–Crippen LogP) is 2.16. The Balaban J connectivity index is 2.39. The number of phenolic OH excluding ortho intramolecular Hbond substituents is 1. The van der Waals surface area contributed by atoms with Crippen molar-refractivity contribution in [1.29, 1.82) is 0 Å². The third kappa shape index (κ3) is 2.59. The highest BCUT2D eigenvalue weighted by Gasteiger charge is 2.21. The first-order valence-electron chi connectivity index (χ1n) is 5.99. The molecule has 2 aromatic rings. The van der Waals surface area contributed by atoms with Gasteiger partial charge in [0.2, 0.25) is 0 Å². The largest absolute Gasteiger partial charge is 0.508 e. The van der Waals surface area contributed by atoms with E-state index in [1.165, 1.54) is 28.9 Å². The fraction of sp³-hybridized carbons (Fsp3) is 0.286. The van der Waals surface area contributed by atoms with Crippen molar-refractivity contribution in [2.45, 2.75) is 26.2 Å². The molecule has 0 amide bonds. The average Bonchev–Trinajstić information content (AvgIpc) is 2.71. The second kappa shape index (κ2) is 4.42. The number of anilines is 1. The molecule has 3 N–H and O–H groups in total. The Bertz CT molecular complexity index is 607. The number of carbonyl (C=O) groups excluding carboxylic acids is 1. The second-order valence-electron chi connectivity index (χ2n) is 5.47. The van der Waals surface area contributed by atoms with Crippen molar-refractivity contribution in [3.05, 3.63) is 41.6 Å². The molecule has 0 atom stereocenters. The SMILES string of the molecule is CC(C)(C)c1cc(N)n(C(=O)c2ccc(O)cc2)n1. The third-order valence-electron chi connectivity index (χ3n) is 2.81. The van der Waals surface area contributed by atoms with Gasteiger partial charge in [0.1, 0.15) is 11.6 Å². The molecule has 0 unspecified atom stereocenters. The van der Waals surface area contributed by atoms with E-state index in [0.29, 0.717) is 11.4 Å². The summed E-state index contributed by atoms with van der Waals surface area (Å²) in [5.41, 5.74) is 6.85. The zero-order valence-electron chi connectivity index (χ0n) is 11.2. The molecule has 0 radical (unpaired) electrons. The first-order valence-corrected chi connectivity index (χ1v) is 5.99. The van der Waals surface area contributed by atoms with Crippen molar-refractivity contribution < 1.29 is 9.90 Å². The maximum Gasteiger partial charge on any atom is 0.280 e. The number of phenols is 1. The summed E-state index contributed by atoms with van der Waals surface area (Å²) >= 11 is 0. The van der Waals surface area contributed by atoms with E-state index in [9.17, 15) is 9.90 Å². The van der Waals surface area contributed by atoms with Crippen molar-refractivity contribution >= 4 is 11.7 Å². The van der Waals surface area contributed by atoms with E-state index in [1.54, 1.807) is 6.07 Å². The van der Waals surface area contributed by atoms with E-state index in [-0.39, 0.29) is 17.1 Å². The molecule has 19 heavy (non-hydrogen) atoms. The molecule has 2 rings (SSSR count). The first-order chi connectivity index (χ1) is 8.79. The quantitative estimate of drug-likeness (QED) is 0.822. The van der Waals surface area contributed by atoms with Gasteiger partial charge in [-0.25, -0.2) is 0 Å². The minimum Gasteiger partial charge on any atom is -0.508 e. The lowest BCUT2D eigenvalue weighted by atomic mass is 9.92. The maximum absolute atomic E-state index is 12.3. The van der Waals surface area contributed by atoms with Gasteiger partial charge in [0, 0.05) is 17.0 Å². The molecule has 0 spiro atoms. The van der Waals surface area contributed by atoms with Crippen molar-refractivity contribution in [2.75, 3.05) is 5.73 Å². The lowest BCUT2D eigenvalue weighted by molar-refractivity contribution is 0.0947. The zero-order chi connectivity index (χ0) is 14.2. The summed E-state index contributed by atoms with van der Waals surface area (Å²) in [4.78, 5) is 12.3. The summed E-state index contributed by atoms with van der Waals surface area (Å²) in [5.74, 6) is 0.108. The van der Waals surface area contributed by atoms with Crippen LogP contribution in [0.4, 0.5) is 5.82 Å². The number of nitrogens with two attached hydrogens (primary N) is 1. The van der Waals surface area contributed by atoms with Crippen LogP contribution < -0.4 is 5.73 Å². The average molecular weight is 259 g/mol. The molecule has 1 aromatic heterocycles. The van der Waals surface area contributed by atoms with Crippen LogP contribution in [0.15, 0.2) is 30.3 Å². The van der Waals surface area contributed by atoms with Gasteiger partial charge in [-0.15, -0.1) is 0 Å². The molecule has 1 heterocycles. The van der Waals surface area contributed by atoms with Gasteiger partial charge in [0.15, 0.2) is 0 Å². The lowest BCUT2D eigenvalue weighted by Crippen LogP contribution is -2.18. The number of nitrogen functional groups attached to an aromatic ring is 1. The van der Waals surface area contributed by atoms with Crippen molar-refractivity contribution in [3.8, 4) is 5.75 Å². The number of aromatic hydroxyl groups is 1. The van der Waals surface area contributed by atoms with Crippen LogP contribution in [0.5, 0.6) is 5.75 Å². The van der Waals surface area contributed by atoms with Gasteiger partial charge in [-0.3, -0.25) is 4.79 Å². The minimum absolute atomic E-state index is 0.111. The number of rotatable bonds is 1. The Morgan fingerprint density at radius 3 is 2.32 bits per heavy atom. The van der Waals surface area contributed by atoms with Crippen LogP contribution >= 0.6 is 0 Å². The van der Waals surface area contributed by atoms with Gasteiger partial charge in [-0.2, -0.15) is 9.78 Å². The number of benzene rings is 1. The maximum atomic E-state index is 12.3. The molecule has 5 nitrogen and oxygen atoms in total. The summed E-state index contributed by atoms with van der Waals surface area (Å²) in [6, 6.07) is 7.69. The smallest absolute Gasteiger partial charge is 0.280 e. The summed E-state index contributed by atoms with van der Waals surface area (Å²) in [6.45, 7) is 6.01. The number of hydrogen-bond acceptors (Lipinski definition) is 4. The predicted molar refractivity (Wildman–Crippen MR) is 73.2 cm³/mol. The monoisotopic (exact) mass is 259 g/mol. The Labute approximate surface area is 111 Å². The van der Waals surface area contributed by atoms with E-state index in [1.807, 2.05) is 20.8 Å². The van der Waals surface area contributed by atoms with Crippen LogP contribution in [0.25, 0.3) is 0 Å². The lowest BCUT2D eigenvalue weighted by Gasteiger charge is -2.13. The molecule has 5 heteroatoms. The van der Waals surface area contributed by atoms with Crippen LogP contribution in [0.2, 0.25) is 0 Å². The topological polar surface area (TPSA) is 81.1 Å². The fourth-order valence-corrected chi connectivity index (χ4v) is 1.65. The molecule has 0 fully saturated rings. The number of carbonyl (C=O) groups is 1. The summed E-state index contributed by atoms with van der Waals surface area (Å²) in [6.07, 6.45) is 0. The van der Waals surface area contributed by atoms with Crippen LogP contribution in [-0.4, -0.2) is 20.8 Å². The molecule has 100 valence electrons. The van der Waals surface area contributed by atoms with Crippen LogP contribution in [-0.2, 0) is 5.41 Å². The number of hydrogen-bond donors (Lipinski definition) is 2. The van der Waals surface area contributed by atoms with E-state index >= 15 is 0 Å². The van der Waals surface area contributed by atoms with Crippen LogP contribution in [0, 0.1) is 0 Å². The number of nitrogens with zero attached hydrogens (tertiary/aromatic N) is 2. The molecule has 0 saturated carbocycles. The highest BCUT2D eigenvalue weighted by Crippen LogP contribution is 2.23. The molecule has 0 saturated heterocycles. The summed E-state index contributed by atoms with van der Waals surface area (Å²) in [5, 5.41) is 13.5. The van der Waals surface area contributed by atoms with E-state index in [2.05, 4.69) is 5.10 Å². The molecule has 0 aliphatic carbocycles. The van der Waals surface area contributed by atoms with Gasteiger partial charge >= 0.3 is 0 Å². The van der Waals surface area contributed by atoms with Gasteiger partial charge in [-0.05, 0) is 24.3 Å². The highest BCUT2D eigenvalue weighted by molar-refractivity contribution is 5.97. The Hall–Kier alpha value is -2.30. The molecule has 0 aliphatic heterocycles. The van der Waals surface area contributed by atoms with E-state index in [0.717, 1.165) is 5.69 Å². The van der Waals surface area contributed by atoms with Gasteiger partial charge < -0.3 is 10.8 Å². The number of aromatic nitrogens is 2. The fourth-order valence-electron chi connectivity index (χ4n) is 1.65. The summed E-state index contributed by atoms with van der Waals surface area (Å²) < 4.78 is 1.19. The standard InChI is InChI=1S/C14H17N3O2/c1-14(2,3)11-8-12(15)17(16-11)13(19)9-4-6-10(18)7-5-9/h4-8,18H,15H2,1-3H3. The minimum atomic E-state index is -0.312. The normalized spacial score (nSPS) is 11.5. The van der Waals surface area contributed by atoms with Crippen LogP contribution in [0.3, 0.4) is 0 Å². The summed E-state index contributed by atoms with van der Waals surface area (Å²) in [7, 11) is 0. The van der Waals surface area contributed by atoms with E-state index < -0.39 is 0 Å². The van der Waals surface area contributed by atoms with Gasteiger partial charge in [0.25, 0.3) is 5.91 Å². The Morgan fingerprint density at radius 1 is 1.26 bits per heavy atom. The molecular weight excluding hydrogens is 242 g/mol.